The van der Waals surface area contributed by atoms with Crippen LogP contribution >= 0.6 is 0 Å². The summed E-state index contributed by atoms with van der Waals surface area (Å²) in [6.07, 6.45) is 3.60. The lowest BCUT2D eigenvalue weighted by molar-refractivity contribution is -0.136. The first-order chi connectivity index (χ1) is 8.08. The molecule has 98 valence electrons. The van der Waals surface area contributed by atoms with E-state index in [4.69, 9.17) is 0 Å². The zero-order valence-electron chi connectivity index (χ0n) is 11.2. The van der Waals surface area contributed by atoms with Crippen LogP contribution in [0.2, 0.25) is 0 Å². The molecular formula is C13H24N2O2. The molecule has 1 rings (SSSR count). The third-order valence-corrected chi connectivity index (χ3v) is 3.55. The number of amides is 2. The molecule has 17 heavy (non-hydrogen) atoms. The van der Waals surface area contributed by atoms with Crippen LogP contribution in [-0.2, 0) is 9.59 Å². The van der Waals surface area contributed by atoms with Crippen LogP contribution in [0.5, 0.6) is 0 Å². The van der Waals surface area contributed by atoms with Crippen molar-refractivity contribution < 1.29 is 9.59 Å². The number of nitrogens with one attached hydrogen (secondary N) is 1. The molecule has 4 nitrogen and oxygen atoms in total. The van der Waals surface area contributed by atoms with Crippen molar-refractivity contribution >= 4 is 11.8 Å². The normalized spacial score (nSPS) is 17.3. The Bertz CT molecular complexity index is 267. The summed E-state index contributed by atoms with van der Waals surface area (Å²) in [7, 11) is 0. The lowest BCUT2D eigenvalue weighted by Gasteiger charge is -2.34. The third kappa shape index (κ3) is 4.02. The van der Waals surface area contributed by atoms with Crippen molar-refractivity contribution in [3.05, 3.63) is 0 Å². The van der Waals surface area contributed by atoms with Crippen molar-refractivity contribution in [1.82, 2.24) is 10.2 Å². The molecule has 1 N–H and O–H groups in total. The molecule has 1 aliphatic rings. The molecule has 1 fully saturated rings. The number of likely N-dealkylation sites (tertiary alicyclic amines) is 1. The smallest absolute Gasteiger partial charge is 0.225 e. The highest BCUT2D eigenvalue weighted by molar-refractivity contribution is 5.79. The number of rotatable bonds is 4. The van der Waals surface area contributed by atoms with Gasteiger partial charge in [-0.2, -0.15) is 0 Å². The Balaban J connectivity index is 2.40. The number of carbonyl (C=O) groups is 2. The number of hydrogen-bond acceptors (Lipinski definition) is 2. The molecule has 0 atom stereocenters. The minimum atomic E-state index is 0.0229. The molecule has 0 aromatic rings. The van der Waals surface area contributed by atoms with Gasteiger partial charge in [0.15, 0.2) is 0 Å². The summed E-state index contributed by atoms with van der Waals surface area (Å²) in [5, 5.41) is 2.92. The predicted octanol–water partition coefficient (Wildman–Crippen LogP) is 1.55. The van der Waals surface area contributed by atoms with Gasteiger partial charge in [-0.3, -0.25) is 9.59 Å². The van der Waals surface area contributed by atoms with Gasteiger partial charge in [0.1, 0.15) is 0 Å². The van der Waals surface area contributed by atoms with Crippen LogP contribution in [0.1, 0.15) is 46.5 Å². The molecular weight excluding hydrogens is 216 g/mol. The quantitative estimate of drug-likeness (QED) is 0.810. The van der Waals surface area contributed by atoms with Crippen molar-refractivity contribution in [3.8, 4) is 0 Å². The molecule has 0 bridgehead atoms. The average molecular weight is 240 g/mol. The number of hydrogen-bond donors (Lipinski definition) is 1. The first-order valence-corrected chi connectivity index (χ1v) is 6.64. The SMILES string of the molecule is CCC(CC)C(=O)N1CCC(NC(C)=O)CC1. The predicted molar refractivity (Wildman–Crippen MR) is 67.5 cm³/mol. The van der Waals surface area contributed by atoms with Gasteiger partial charge in [-0.05, 0) is 25.7 Å². The first kappa shape index (κ1) is 14.0. The van der Waals surface area contributed by atoms with Crippen LogP contribution in [0.15, 0.2) is 0 Å². The second kappa shape index (κ2) is 6.62. The summed E-state index contributed by atoms with van der Waals surface area (Å²) in [5.74, 6) is 0.485. The van der Waals surface area contributed by atoms with E-state index >= 15 is 0 Å². The van der Waals surface area contributed by atoms with Crippen LogP contribution < -0.4 is 5.32 Å². The van der Waals surface area contributed by atoms with E-state index in [1.807, 2.05) is 4.90 Å². The number of carbonyl (C=O) groups excluding carboxylic acids is 2. The van der Waals surface area contributed by atoms with Crippen LogP contribution in [0, 0.1) is 5.92 Å². The molecule has 0 aliphatic carbocycles. The number of piperidine rings is 1. The Kier molecular flexibility index (Phi) is 5.45. The Morgan fingerprint density at radius 3 is 2.18 bits per heavy atom. The summed E-state index contributed by atoms with van der Waals surface area (Å²) < 4.78 is 0. The minimum Gasteiger partial charge on any atom is -0.353 e. The highest BCUT2D eigenvalue weighted by atomic mass is 16.2. The Morgan fingerprint density at radius 1 is 1.24 bits per heavy atom. The van der Waals surface area contributed by atoms with Gasteiger partial charge in [0.2, 0.25) is 11.8 Å². The van der Waals surface area contributed by atoms with Gasteiger partial charge >= 0.3 is 0 Å². The van der Waals surface area contributed by atoms with E-state index in [1.54, 1.807) is 6.92 Å². The van der Waals surface area contributed by atoms with E-state index in [9.17, 15) is 9.59 Å². The fraction of sp³-hybridized carbons (Fsp3) is 0.846. The van der Waals surface area contributed by atoms with Crippen molar-refractivity contribution in [2.24, 2.45) is 5.92 Å². The van der Waals surface area contributed by atoms with Crippen LogP contribution in [0.25, 0.3) is 0 Å². The van der Waals surface area contributed by atoms with E-state index in [0.717, 1.165) is 38.8 Å². The monoisotopic (exact) mass is 240 g/mol. The maximum atomic E-state index is 12.1. The summed E-state index contributed by atoms with van der Waals surface area (Å²) in [4.78, 5) is 25.0. The van der Waals surface area contributed by atoms with E-state index in [0.29, 0.717) is 0 Å². The minimum absolute atomic E-state index is 0.0229. The third-order valence-electron chi connectivity index (χ3n) is 3.55. The van der Waals surface area contributed by atoms with E-state index in [1.165, 1.54) is 0 Å². The van der Waals surface area contributed by atoms with Gasteiger partial charge in [0.05, 0.1) is 0 Å². The maximum absolute atomic E-state index is 12.1. The molecule has 1 heterocycles. The second-order valence-electron chi connectivity index (χ2n) is 4.81. The van der Waals surface area contributed by atoms with Crippen molar-refractivity contribution in [3.63, 3.8) is 0 Å². The van der Waals surface area contributed by atoms with Gasteiger partial charge in [-0.25, -0.2) is 0 Å². The van der Waals surface area contributed by atoms with Gasteiger partial charge < -0.3 is 10.2 Å². The summed E-state index contributed by atoms with van der Waals surface area (Å²) in [5.41, 5.74) is 0. The molecule has 4 heteroatoms. The number of nitrogens with zero attached hydrogens (tertiary/aromatic N) is 1. The van der Waals surface area contributed by atoms with Gasteiger partial charge in [-0.15, -0.1) is 0 Å². The van der Waals surface area contributed by atoms with Crippen molar-refractivity contribution in [2.75, 3.05) is 13.1 Å². The van der Waals surface area contributed by atoms with Crippen LogP contribution in [0.3, 0.4) is 0 Å². The second-order valence-corrected chi connectivity index (χ2v) is 4.81. The standard InChI is InChI=1S/C13H24N2O2/c1-4-11(5-2)13(17)15-8-6-12(7-9-15)14-10(3)16/h11-12H,4-9H2,1-3H3,(H,14,16). The van der Waals surface area contributed by atoms with E-state index < -0.39 is 0 Å². The Morgan fingerprint density at radius 2 is 1.76 bits per heavy atom. The molecule has 0 aromatic carbocycles. The fourth-order valence-electron chi connectivity index (χ4n) is 2.43. The lowest BCUT2D eigenvalue weighted by atomic mass is 9.98. The molecule has 0 spiro atoms. The van der Waals surface area contributed by atoms with Crippen molar-refractivity contribution in [1.29, 1.82) is 0 Å². The highest BCUT2D eigenvalue weighted by Gasteiger charge is 2.26. The van der Waals surface area contributed by atoms with Crippen LogP contribution in [0.4, 0.5) is 0 Å². The zero-order chi connectivity index (χ0) is 12.8. The Hall–Kier alpha value is -1.06. The molecule has 0 unspecified atom stereocenters. The van der Waals surface area contributed by atoms with Crippen molar-refractivity contribution in [2.45, 2.75) is 52.5 Å². The first-order valence-electron chi connectivity index (χ1n) is 6.64. The lowest BCUT2D eigenvalue weighted by Crippen LogP contribution is -2.47. The maximum Gasteiger partial charge on any atom is 0.225 e. The Labute approximate surface area is 104 Å². The summed E-state index contributed by atoms with van der Waals surface area (Å²) >= 11 is 0. The van der Waals surface area contributed by atoms with E-state index in [2.05, 4.69) is 19.2 Å². The fourth-order valence-corrected chi connectivity index (χ4v) is 2.43. The average Bonchev–Trinajstić information content (AvgIpc) is 2.30. The molecule has 2 amide bonds. The van der Waals surface area contributed by atoms with Gasteiger partial charge in [-0.1, -0.05) is 13.8 Å². The summed E-state index contributed by atoms with van der Waals surface area (Å²) in [6.45, 7) is 7.23. The van der Waals surface area contributed by atoms with Gasteiger partial charge in [0.25, 0.3) is 0 Å². The van der Waals surface area contributed by atoms with Gasteiger partial charge in [0, 0.05) is 32.0 Å². The molecule has 1 saturated heterocycles. The highest BCUT2D eigenvalue weighted by Crippen LogP contribution is 2.17. The molecule has 0 radical (unpaired) electrons. The zero-order valence-corrected chi connectivity index (χ0v) is 11.2. The largest absolute Gasteiger partial charge is 0.353 e. The molecule has 1 aliphatic heterocycles. The molecule has 0 aromatic heterocycles. The molecule has 0 saturated carbocycles. The van der Waals surface area contributed by atoms with E-state index in [-0.39, 0.29) is 23.8 Å². The topological polar surface area (TPSA) is 49.4 Å². The summed E-state index contributed by atoms with van der Waals surface area (Å²) in [6, 6.07) is 0.248. The van der Waals surface area contributed by atoms with Crippen LogP contribution in [-0.4, -0.2) is 35.8 Å².